The topological polar surface area (TPSA) is 84.9 Å². The van der Waals surface area contributed by atoms with Crippen molar-refractivity contribution in [2.75, 3.05) is 13.7 Å². The van der Waals surface area contributed by atoms with Gasteiger partial charge in [-0.05, 0) is 47.9 Å². The predicted octanol–water partition coefficient (Wildman–Crippen LogP) is 2.68. The smallest absolute Gasteiger partial charge is 0.330 e. The lowest BCUT2D eigenvalue weighted by Crippen LogP contribution is -2.36. The highest BCUT2D eigenvalue weighted by atomic mass is 16.5. The number of amides is 1. The molecule has 1 aliphatic heterocycles. The third-order valence-corrected chi connectivity index (χ3v) is 4.57. The van der Waals surface area contributed by atoms with Crippen molar-refractivity contribution in [2.24, 2.45) is 0 Å². The fourth-order valence-corrected chi connectivity index (χ4v) is 3.00. The average molecular weight is 355 g/mol. The maximum absolute atomic E-state index is 12.6. The number of rotatable bonds is 6. The summed E-state index contributed by atoms with van der Waals surface area (Å²) in [5, 5.41) is 12.2. The first-order chi connectivity index (χ1) is 12.5. The highest BCUT2D eigenvalue weighted by Gasteiger charge is 2.27. The Kier molecular flexibility index (Phi) is 5.11. The Labute approximate surface area is 151 Å². The van der Waals surface area contributed by atoms with Crippen LogP contribution >= 0.6 is 0 Å². The van der Waals surface area contributed by atoms with Gasteiger partial charge >= 0.3 is 5.97 Å². The first-order valence-electron chi connectivity index (χ1n) is 8.42. The van der Waals surface area contributed by atoms with Gasteiger partial charge < -0.3 is 19.9 Å². The molecule has 0 aromatic heterocycles. The standard InChI is InChI=1S/C20H21NO5/c1-12(13-4-3-5-16(11-13)25-2)19(22)21-18(20(23)24)15-6-7-17-14(10-15)8-9-26-17/h3-7,10-12,18H,8-9H2,1-2H3,(H,21,22)(H,23,24). The number of hydrogen-bond acceptors (Lipinski definition) is 4. The number of aliphatic carboxylic acids is 1. The van der Waals surface area contributed by atoms with Gasteiger partial charge in [-0.1, -0.05) is 18.2 Å². The highest BCUT2D eigenvalue weighted by molar-refractivity contribution is 5.88. The fourth-order valence-electron chi connectivity index (χ4n) is 3.00. The Bertz CT molecular complexity index is 833. The van der Waals surface area contributed by atoms with Gasteiger partial charge in [0.1, 0.15) is 11.5 Å². The number of hydrogen-bond donors (Lipinski definition) is 2. The minimum absolute atomic E-state index is 0.359. The largest absolute Gasteiger partial charge is 0.497 e. The normalized spacial score (nSPS) is 14.7. The van der Waals surface area contributed by atoms with Crippen LogP contribution in [0.2, 0.25) is 0 Å². The van der Waals surface area contributed by atoms with E-state index in [2.05, 4.69) is 5.32 Å². The van der Waals surface area contributed by atoms with E-state index in [1.54, 1.807) is 50.4 Å². The second-order valence-electron chi connectivity index (χ2n) is 6.24. The van der Waals surface area contributed by atoms with Gasteiger partial charge in [0.25, 0.3) is 0 Å². The summed E-state index contributed by atoms with van der Waals surface area (Å²) < 4.78 is 10.6. The summed E-state index contributed by atoms with van der Waals surface area (Å²) in [6, 6.07) is 11.3. The van der Waals surface area contributed by atoms with Crippen molar-refractivity contribution < 1.29 is 24.2 Å². The number of benzene rings is 2. The molecule has 0 bridgehead atoms. The molecular formula is C20H21NO5. The number of ether oxygens (including phenoxy) is 2. The van der Waals surface area contributed by atoms with Crippen LogP contribution in [0.25, 0.3) is 0 Å². The molecule has 0 saturated carbocycles. The molecule has 136 valence electrons. The van der Waals surface area contributed by atoms with E-state index in [1.165, 1.54) is 0 Å². The predicted molar refractivity (Wildman–Crippen MR) is 95.6 cm³/mol. The monoisotopic (exact) mass is 355 g/mol. The van der Waals surface area contributed by atoms with Gasteiger partial charge in [0.05, 0.1) is 19.6 Å². The molecule has 0 saturated heterocycles. The van der Waals surface area contributed by atoms with E-state index >= 15 is 0 Å². The molecule has 1 heterocycles. The maximum atomic E-state index is 12.6. The summed E-state index contributed by atoms with van der Waals surface area (Å²) in [7, 11) is 1.56. The zero-order valence-electron chi connectivity index (χ0n) is 14.7. The molecule has 1 amide bonds. The first kappa shape index (κ1) is 17.8. The van der Waals surface area contributed by atoms with Crippen LogP contribution in [0.4, 0.5) is 0 Å². The molecule has 0 radical (unpaired) electrons. The van der Waals surface area contributed by atoms with E-state index in [9.17, 15) is 14.7 Å². The van der Waals surface area contributed by atoms with E-state index in [4.69, 9.17) is 9.47 Å². The van der Waals surface area contributed by atoms with Crippen LogP contribution in [0.5, 0.6) is 11.5 Å². The van der Waals surface area contributed by atoms with Gasteiger partial charge in [-0.3, -0.25) is 4.79 Å². The van der Waals surface area contributed by atoms with Gasteiger partial charge in [-0.15, -0.1) is 0 Å². The van der Waals surface area contributed by atoms with Crippen molar-refractivity contribution in [3.05, 3.63) is 59.2 Å². The fraction of sp³-hybridized carbons (Fsp3) is 0.300. The molecule has 26 heavy (non-hydrogen) atoms. The molecule has 0 fully saturated rings. The zero-order chi connectivity index (χ0) is 18.7. The van der Waals surface area contributed by atoms with Crippen molar-refractivity contribution in [3.63, 3.8) is 0 Å². The van der Waals surface area contributed by atoms with Gasteiger partial charge in [0.15, 0.2) is 6.04 Å². The summed E-state index contributed by atoms with van der Waals surface area (Å²) in [6.07, 6.45) is 0.740. The number of nitrogens with one attached hydrogen (secondary N) is 1. The zero-order valence-corrected chi connectivity index (χ0v) is 14.7. The van der Waals surface area contributed by atoms with Gasteiger partial charge in [-0.2, -0.15) is 0 Å². The lowest BCUT2D eigenvalue weighted by atomic mass is 9.98. The molecule has 2 aromatic rings. The van der Waals surface area contributed by atoms with Crippen molar-refractivity contribution in [3.8, 4) is 11.5 Å². The minimum Gasteiger partial charge on any atom is -0.497 e. The summed E-state index contributed by atoms with van der Waals surface area (Å²) in [5.74, 6) is -0.549. The van der Waals surface area contributed by atoms with E-state index < -0.39 is 17.9 Å². The number of fused-ring (bicyclic) bond motifs is 1. The molecular weight excluding hydrogens is 334 g/mol. The molecule has 2 aromatic carbocycles. The number of methoxy groups -OCH3 is 1. The molecule has 3 rings (SSSR count). The highest BCUT2D eigenvalue weighted by Crippen LogP contribution is 2.29. The Morgan fingerprint density at radius 2 is 2.00 bits per heavy atom. The van der Waals surface area contributed by atoms with Crippen molar-refractivity contribution >= 4 is 11.9 Å². The van der Waals surface area contributed by atoms with Crippen molar-refractivity contribution in [1.29, 1.82) is 0 Å². The number of carbonyl (C=O) groups is 2. The van der Waals surface area contributed by atoms with E-state index in [1.807, 2.05) is 6.07 Å². The van der Waals surface area contributed by atoms with Crippen LogP contribution in [0.15, 0.2) is 42.5 Å². The molecule has 2 atom stereocenters. The summed E-state index contributed by atoms with van der Waals surface area (Å²) >= 11 is 0. The van der Waals surface area contributed by atoms with Crippen LogP contribution in [0, 0.1) is 0 Å². The lowest BCUT2D eigenvalue weighted by molar-refractivity contribution is -0.142. The Balaban J connectivity index is 1.79. The van der Waals surface area contributed by atoms with Crippen LogP contribution in [0.1, 0.15) is 35.6 Å². The van der Waals surface area contributed by atoms with Gasteiger partial charge in [0, 0.05) is 6.42 Å². The summed E-state index contributed by atoms with van der Waals surface area (Å²) in [6.45, 7) is 2.33. The Hall–Kier alpha value is -3.02. The van der Waals surface area contributed by atoms with Gasteiger partial charge in [0.2, 0.25) is 5.91 Å². The minimum atomic E-state index is -1.11. The molecule has 2 unspecified atom stereocenters. The number of carboxylic acid groups (broad SMARTS) is 1. The SMILES string of the molecule is COc1cccc(C(C)C(=O)NC(C(=O)O)c2ccc3c(c2)CCO3)c1. The summed E-state index contributed by atoms with van der Waals surface area (Å²) in [5.41, 5.74) is 2.25. The quantitative estimate of drug-likeness (QED) is 0.832. The first-order valence-corrected chi connectivity index (χ1v) is 8.42. The van der Waals surface area contributed by atoms with Crippen LogP contribution in [-0.2, 0) is 16.0 Å². The summed E-state index contributed by atoms with van der Waals surface area (Å²) in [4.78, 5) is 24.4. The third kappa shape index (κ3) is 3.64. The number of carbonyl (C=O) groups excluding carboxylic acids is 1. The molecule has 1 aliphatic rings. The van der Waals surface area contributed by atoms with Crippen LogP contribution < -0.4 is 14.8 Å². The van der Waals surface area contributed by atoms with Crippen LogP contribution in [0.3, 0.4) is 0 Å². The molecule has 6 nitrogen and oxygen atoms in total. The molecule has 0 spiro atoms. The third-order valence-electron chi connectivity index (χ3n) is 4.57. The maximum Gasteiger partial charge on any atom is 0.330 e. The molecule has 6 heteroatoms. The second-order valence-corrected chi connectivity index (χ2v) is 6.24. The second kappa shape index (κ2) is 7.47. The van der Waals surface area contributed by atoms with Crippen molar-refractivity contribution in [1.82, 2.24) is 5.32 Å². The van der Waals surface area contributed by atoms with E-state index in [0.29, 0.717) is 17.9 Å². The lowest BCUT2D eigenvalue weighted by Gasteiger charge is -2.19. The average Bonchev–Trinajstić information content (AvgIpc) is 3.12. The van der Waals surface area contributed by atoms with E-state index in [0.717, 1.165) is 23.3 Å². The van der Waals surface area contributed by atoms with Gasteiger partial charge in [-0.25, -0.2) is 4.79 Å². The Morgan fingerprint density at radius 3 is 2.73 bits per heavy atom. The van der Waals surface area contributed by atoms with Crippen LogP contribution in [-0.4, -0.2) is 30.7 Å². The number of carboxylic acids is 1. The van der Waals surface area contributed by atoms with E-state index in [-0.39, 0.29) is 5.91 Å². The molecule has 0 aliphatic carbocycles. The molecule has 2 N–H and O–H groups in total. The van der Waals surface area contributed by atoms with Crippen molar-refractivity contribution in [2.45, 2.75) is 25.3 Å². The Morgan fingerprint density at radius 1 is 1.19 bits per heavy atom.